The minimum atomic E-state index is -0.767. The number of hydrogen-bond acceptors (Lipinski definition) is 5. The number of rotatable bonds is 5. The van der Waals surface area contributed by atoms with Crippen LogP contribution in [0.4, 0.5) is 0 Å². The minimum Gasteiger partial charge on any atom is -0.468 e. The van der Waals surface area contributed by atoms with Crippen LogP contribution in [0.15, 0.2) is 60.8 Å². The average Bonchev–Trinajstić information content (AvgIpc) is 3.33. The first-order valence-electron chi connectivity index (χ1n) is 8.58. The van der Waals surface area contributed by atoms with Gasteiger partial charge in [0.25, 0.3) is 0 Å². The number of carbonyl (C=O) groups is 1. The van der Waals surface area contributed by atoms with E-state index in [9.17, 15) is 4.79 Å². The highest BCUT2D eigenvalue weighted by Crippen LogP contribution is 2.26. The highest BCUT2D eigenvalue weighted by molar-refractivity contribution is 5.88. The van der Waals surface area contributed by atoms with Crippen molar-refractivity contribution in [3.8, 4) is 17.1 Å². The molecule has 0 saturated heterocycles. The van der Waals surface area contributed by atoms with Gasteiger partial charge in [-0.3, -0.25) is 4.79 Å². The van der Waals surface area contributed by atoms with Crippen LogP contribution >= 0.6 is 0 Å². The summed E-state index contributed by atoms with van der Waals surface area (Å²) < 4.78 is 4.77. The largest absolute Gasteiger partial charge is 0.468 e. The fraction of sp³-hybridized carbons (Fsp3) is 0.150. The summed E-state index contributed by atoms with van der Waals surface area (Å²) in [4.78, 5) is 16.7. The number of H-pyrrole nitrogens is 1. The number of methoxy groups -OCH3 is 1. The first-order chi connectivity index (χ1) is 13.2. The van der Waals surface area contributed by atoms with Gasteiger partial charge in [0.2, 0.25) is 0 Å². The van der Waals surface area contributed by atoms with Crippen LogP contribution < -0.4 is 5.73 Å². The van der Waals surface area contributed by atoms with Crippen molar-refractivity contribution < 1.29 is 9.53 Å². The highest BCUT2D eigenvalue weighted by Gasteiger charge is 2.21. The topological polar surface area (TPSA) is 98.8 Å². The van der Waals surface area contributed by atoms with Crippen LogP contribution in [0.5, 0.6) is 0 Å². The Hall–Kier alpha value is -3.45. The van der Waals surface area contributed by atoms with Crippen molar-refractivity contribution in [2.45, 2.75) is 12.5 Å². The molecule has 0 amide bonds. The Balaban J connectivity index is 1.79. The monoisotopic (exact) mass is 361 g/mol. The Kier molecular flexibility index (Phi) is 4.43. The molecule has 3 N–H and O–H groups in total. The maximum absolute atomic E-state index is 11.8. The number of aromatic nitrogens is 4. The molecule has 0 saturated carbocycles. The lowest BCUT2D eigenvalue weighted by Crippen LogP contribution is -2.33. The van der Waals surface area contributed by atoms with Crippen molar-refractivity contribution in [2.24, 2.45) is 5.73 Å². The molecule has 7 heteroatoms. The molecule has 1 atom stereocenters. The van der Waals surface area contributed by atoms with E-state index in [1.54, 1.807) is 11.0 Å². The number of nitrogens with one attached hydrogen (secondary N) is 1. The highest BCUT2D eigenvalue weighted by atomic mass is 16.5. The van der Waals surface area contributed by atoms with Crippen molar-refractivity contribution in [2.75, 3.05) is 7.11 Å². The summed E-state index contributed by atoms with van der Waals surface area (Å²) in [5.41, 5.74) is 9.56. The normalized spacial score (nSPS) is 12.2. The Morgan fingerprint density at radius 3 is 2.70 bits per heavy atom. The third-order valence-electron chi connectivity index (χ3n) is 4.48. The lowest BCUT2D eigenvalue weighted by molar-refractivity contribution is -0.142. The van der Waals surface area contributed by atoms with Gasteiger partial charge in [-0.15, -0.1) is 9.90 Å². The van der Waals surface area contributed by atoms with Gasteiger partial charge in [0.1, 0.15) is 11.7 Å². The second kappa shape index (κ2) is 7.05. The molecular formula is C20H19N5O2. The maximum Gasteiger partial charge on any atom is 0.322 e. The third kappa shape index (κ3) is 3.20. The molecular weight excluding hydrogens is 342 g/mol. The second-order valence-corrected chi connectivity index (χ2v) is 6.22. The molecule has 0 aliphatic heterocycles. The smallest absolute Gasteiger partial charge is 0.322 e. The molecule has 0 aliphatic rings. The van der Waals surface area contributed by atoms with E-state index in [2.05, 4.69) is 15.2 Å². The van der Waals surface area contributed by atoms with E-state index in [1.807, 2.05) is 54.6 Å². The number of hydrogen-bond donors (Lipinski definition) is 2. The Morgan fingerprint density at radius 2 is 1.93 bits per heavy atom. The standard InChI is InChI=1S/C20H19N5O2/c1-27-20(26)16(21)11-15-14-9-5-6-10-17(14)23-19(15)25-22-12-18(24-25)13-7-3-2-4-8-13/h2-10,12,16,23H,11,21H2,1H3/t16-/m0/s1. The van der Waals surface area contributed by atoms with Gasteiger partial charge in [0, 0.05) is 28.5 Å². The van der Waals surface area contributed by atoms with Crippen LogP contribution in [0.1, 0.15) is 5.56 Å². The Labute approximate surface area is 155 Å². The summed E-state index contributed by atoms with van der Waals surface area (Å²) in [5.74, 6) is 0.238. The first kappa shape index (κ1) is 17.0. The molecule has 7 nitrogen and oxygen atoms in total. The van der Waals surface area contributed by atoms with Crippen molar-refractivity contribution in [3.63, 3.8) is 0 Å². The Morgan fingerprint density at radius 1 is 1.19 bits per heavy atom. The van der Waals surface area contributed by atoms with E-state index >= 15 is 0 Å². The van der Waals surface area contributed by atoms with Crippen LogP contribution in [0, 0.1) is 0 Å². The zero-order valence-electron chi connectivity index (χ0n) is 14.8. The van der Waals surface area contributed by atoms with Gasteiger partial charge in [-0.05, 0) is 6.07 Å². The molecule has 0 spiro atoms. The van der Waals surface area contributed by atoms with Gasteiger partial charge >= 0.3 is 5.97 Å². The molecule has 0 unspecified atom stereocenters. The quantitative estimate of drug-likeness (QED) is 0.532. The van der Waals surface area contributed by atoms with Crippen molar-refractivity contribution in [1.82, 2.24) is 20.0 Å². The molecule has 2 aromatic heterocycles. The number of esters is 1. The molecule has 4 aromatic rings. The number of ether oxygens (including phenoxy) is 1. The van der Waals surface area contributed by atoms with E-state index in [-0.39, 0.29) is 0 Å². The zero-order valence-corrected chi connectivity index (χ0v) is 14.8. The molecule has 2 aromatic carbocycles. The van der Waals surface area contributed by atoms with Gasteiger partial charge in [-0.2, -0.15) is 5.10 Å². The summed E-state index contributed by atoms with van der Waals surface area (Å²) >= 11 is 0. The summed E-state index contributed by atoms with van der Waals surface area (Å²) in [6, 6.07) is 16.9. The molecule has 4 rings (SSSR count). The van der Waals surface area contributed by atoms with E-state index in [4.69, 9.17) is 10.5 Å². The predicted octanol–water partition coefficient (Wildman–Crippen LogP) is 2.46. The van der Waals surface area contributed by atoms with Gasteiger partial charge in [0.15, 0.2) is 5.82 Å². The summed E-state index contributed by atoms with van der Waals surface area (Å²) in [6.45, 7) is 0. The molecule has 27 heavy (non-hydrogen) atoms. The zero-order chi connectivity index (χ0) is 18.8. The number of nitrogens with zero attached hydrogens (tertiary/aromatic N) is 3. The number of para-hydroxylation sites is 1. The maximum atomic E-state index is 11.8. The van der Waals surface area contributed by atoms with Gasteiger partial charge in [-0.1, -0.05) is 48.5 Å². The van der Waals surface area contributed by atoms with Crippen LogP contribution in [0.25, 0.3) is 28.0 Å². The first-order valence-corrected chi connectivity index (χ1v) is 8.58. The second-order valence-electron chi connectivity index (χ2n) is 6.22. The fourth-order valence-electron chi connectivity index (χ4n) is 3.13. The lowest BCUT2D eigenvalue weighted by atomic mass is 10.0. The summed E-state index contributed by atoms with van der Waals surface area (Å²) in [7, 11) is 1.33. The number of carbonyl (C=O) groups excluding carboxylic acids is 1. The molecule has 0 bridgehead atoms. The van der Waals surface area contributed by atoms with E-state index in [0.29, 0.717) is 12.2 Å². The van der Waals surface area contributed by atoms with Crippen molar-refractivity contribution >= 4 is 16.9 Å². The predicted molar refractivity (Wildman–Crippen MR) is 102 cm³/mol. The molecule has 2 heterocycles. The van der Waals surface area contributed by atoms with E-state index < -0.39 is 12.0 Å². The van der Waals surface area contributed by atoms with Crippen molar-refractivity contribution in [3.05, 3.63) is 66.4 Å². The molecule has 0 aliphatic carbocycles. The number of aromatic amines is 1. The SMILES string of the molecule is COC(=O)[C@@H](N)Cc1c(-n2ncc(-c3ccccc3)n2)[nH]c2ccccc12. The fourth-order valence-corrected chi connectivity index (χ4v) is 3.13. The van der Waals surface area contributed by atoms with Gasteiger partial charge in [-0.25, -0.2) is 0 Å². The molecule has 0 radical (unpaired) electrons. The van der Waals surface area contributed by atoms with E-state index in [1.165, 1.54) is 7.11 Å². The number of benzene rings is 2. The van der Waals surface area contributed by atoms with Crippen LogP contribution in [0.2, 0.25) is 0 Å². The molecule has 0 fully saturated rings. The van der Waals surface area contributed by atoms with Crippen molar-refractivity contribution in [1.29, 1.82) is 0 Å². The van der Waals surface area contributed by atoms with Crippen LogP contribution in [-0.4, -0.2) is 39.1 Å². The molecule has 136 valence electrons. The summed E-state index contributed by atoms with van der Waals surface area (Å²) in [6.07, 6.45) is 2.03. The number of nitrogens with two attached hydrogens (primary N) is 1. The third-order valence-corrected chi connectivity index (χ3v) is 4.48. The van der Waals surface area contributed by atoms with Gasteiger partial charge < -0.3 is 15.5 Å². The average molecular weight is 361 g/mol. The Bertz CT molecular complexity index is 1080. The van der Waals surface area contributed by atoms with Crippen LogP contribution in [-0.2, 0) is 16.0 Å². The van der Waals surface area contributed by atoms with E-state index in [0.717, 1.165) is 27.7 Å². The number of fused-ring (bicyclic) bond motifs is 1. The van der Waals surface area contributed by atoms with Gasteiger partial charge in [0.05, 0.1) is 13.3 Å². The lowest BCUT2D eigenvalue weighted by Gasteiger charge is -2.10. The van der Waals surface area contributed by atoms with Crippen LogP contribution in [0.3, 0.4) is 0 Å². The summed E-state index contributed by atoms with van der Waals surface area (Å²) in [5, 5.41) is 9.98. The minimum absolute atomic E-state index is 0.314.